The maximum absolute atomic E-state index is 13.2. The molecule has 0 aliphatic heterocycles. The second-order valence-corrected chi connectivity index (χ2v) is 8.02. The number of amides is 3. The molecule has 0 fully saturated rings. The molecule has 3 rings (SSSR count). The third-order valence-electron chi connectivity index (χ3n) is 5.54. The van der Waals surface area contributed by atoms with Crippen molar-refractivity contribution in [3.8, 4) is 0 Å². The van der Waals surface area contributed by atoms with Crippen LogP contribution in [0.25, 0.3) is 10.8 Å². The number of rotatable bonds is 10. The first-order chi connectivity index (χ1) is 16.8. The number of carboxylic acids is 1. The van der Waals surface area contributed by atoms with Crippen LogP contribution in [0, 0.1) is 5.92 Å². The molecule has 0 bridgehead atoms. The van der Waals surface area contributed by atoms with Gasteiger partial charge in [-0.25, -0.2) is 20.4 Å². The number of carbonyl (C=O) groups excluding carboxylic acids is 3. The molecule has 1 unspecified atom stereocenters. The van der Waals surface area contributed by atoms with Gasteiger partial charge >= 0.3 is 12.0 Å². The van der Waals surface area contributed by atoms with Crippen LogP contribution >= 0.6 is 0 Å². The van der Waals surface area contributed by atoms with Gasteiger partial charge in [0.15, 0.2) is 0 Å². The molecule has 0 spiro atoms. The number of imidazole rings is 1. The van der Waals surface area contributed by atoms with Crippen molar-refractivity contribution in [3.05, 3.63) is 66.2 Å². The maximum Gasteiger partial charge on any atom is 0.340 e. The van der Waals surface area contributed by atoms with E-state index in [9.17, 15) is 24.3 Å². The molecule has 0 saturated carbocycles. The summed E-state index contributed by atoms with van der Waals surface area (Å²) in [4.78, 5) is 53.1. The molecule has 0 radical (unpaired) electrons. The van der Waals surface area contributed by atoms with Gasteiger partial charge in [-0.2, -0.15) is 0 Å². The van der Waals surface area contributed by atoms with Gasteiger partial charge in [-0.15, -0.1) is 0 Å². The van der Waals surface area contributed by atoms with Gasteiger partial charge in [0.1, 0.15) is 12.4 Å². The summed E-state index contributed by atoms with van der Waals surface area (Å²) < 4.78 is 1.06. The molecule has 184 valence electrons. The molecule has 11 nitrogen and oxygen atoms in total. The fourth-order valence-corrected chi connectivity index (χ4v) is 3.84. The minimum Gasteiger partial charge on any atom is -0.480 e. The highest BCUT2D eigenvalue weighted by atomic mass is 16.4. The average molecular weight is 481 g/mol. The molecule has 0 aliphatic rings. The molecular formula is C24H28N6O5. The third kappa shape index (κ3) is 6.64. The van der Waals surface area contributed by atoms with Crippen molar-refractivity contribution in [1.29, 1.82) is 0 Å². The number of nitrogen functional groups attached to an aromatic ring is 1. The van der Waals surface area contributed by atoms with Gasteiger partial charge in [0, 0.05) is 25.6 Å². The number of fused-ring (bicyclic) bond motifs is 1. The second-order valence-electron chi connectivity index (χ2n) is 8.02. The van der Waals surface area contributed by atoms with E-state index in [1.807, 2.05) is 47.9 Å². The van der Waals surface area contributed by atoms with Gasteiger partial charge in [-0.05, 0) is 29.7 Å². The van der Waals surface area contributed by atoms with Crippen LogP contribution in [0.2, 0.25) is 0 Å². The summed E-state index contributed by atoms with van der Waals surface area (Å²) >= 11 is 0. The number of carbonyl (C=O) groups is 4. The van der Waals surface area contributed by atoms with Crippen LogP contribution in [0.1, 0.15) is 24.6 Å². The van der Waals surface area contributed by atoms with E-state index in [4.69, 9.17) is 5.84 Å². The highest BCUT2D eigenvalue weighted by molar-refractivity contribution is 5.90. The van der Waals surface area contributed by atoms with E-state index >= 15 is 0 Å². The predicted molar refractivity (Wildman–Crippen MR) is 128 cm³/mol. The average Bonchev–Trinajstić information content (AvgIpc) is 3.31. The van der Waals surface area contributed by atoms with E-state index in [0.29, 0.717) is 6.54 Å². The zero-order valence-electron chi connectivity index (χ0n) is 19.2. The summed E-state index contributed by atoms with van der Waals surface area (Å²) in [6, 6.07) is 11.5. The van der Waals surface area contributed by atoms with Crippen molar-refractivity contribution in [1.82, 2.24) is 25.6 Å². The third-order valence-corrected chi connectivity index (χ3v) is 5.54. The highest BCUT2D eigenvalue weighted by Gasteiger charge is 2.28. The van der Waals surface area contributed by atoms with Crippen LogP contribution in [0.5, 0.6) is 0 Å². The molecule has 35 heavy (non-hydrogen) atoms. The van der Waals surface area contributed by atoms with E-state index in [1.54, 1.807) is 6.92 Å². The lowest BCUT2D eigenvalue weighted by Gasteiger charge is -2.21. The molecular weight excluding hydrogens is 452 g/mol. The Bertz CT molecular complexity index is 1220. The van der Waals surface area contributed by atoms with Crippen molar-refractivity contribution >= 4 is 34.6 Å². The number of nitrogens with one attached hydrogen (secondary N) is 3. The molecule has 0 aliphatic carbocycles. The van der Waals surface area contributed by atoms with E-state index in [-0.39, 0.29) is 30.9 Å². The lowest BCUT2D eigenvalue weighted by Crippen LogP contribution is -2.46. The fourth-order valence-electron chi connectivity index (χ4n) is 3.84. The molecule has 0 saturated heterocycles. The largest absolute Gasteiger partial charge is 0.480 e. The minimum atomic E-state index is -1.31. The summed E-state index contributed by atoms with van der Waals surface area (Å²) in [7, 11) is 0. The Labute approximate surface area is 201 Å². The molecule has 2 aromatic carbocycles. The minimum absolute atomic E-state index is 0.0967. The number of nitrogens with zero attached hydrogens (tertiary/aromatic N) is 2. The van der Waals surface area contributed by atoms with Crippen molar-refractivity contribution < 1.29 is 24.3 Å². The monoisotopic (exact) mass is 480 g/mol. The first-order valence-corrected chi connectivity index (χ1v) is 11.1. The first kappa shape index (κ1) is 25.4. The Hall–Kier alpha value is -4.25. The molecule has 11 heteroatoms. The summed E-state index contributed by atoms with van der Waals surface area (Å²) in [6.07, 6.45) is 2.51. The number of hydrogen-bond acceptors (Lipinski definition) is 6. The van der Waals surface area contributed by atoms with Crippen molar-refractivity contribution in [2.45, 2.75) is 32.2 Å². The van der Waals surface area contributed by atoms with Crippen molar-refractivity contribution in [3.63, 3.8) is 0 Å². The Kier molecular flexibility index (Phi) is 8.52. The topological polar surface area (TPSA) is 168 Å². The molecule has 1 heterocycles. The van der Waals surface area contributed by atoms with E-state index in [0.717, 1.165) is 20.9 Å². The lowest BCUT2D eigenvalue weighted by atomic mass is 9.91. The molecule has 3 aromatic rings. The number of hydrazine groups is 1. The summed E-state index contributed by atoms with van der Waals surface area (Å²) in [5, 5.41) is 16.9. The molecule has 2 atom stereocenters. The molecule has 6 N–H and O–H groups in total. The van der Waals surface area contributed by atoms with Gasteiger partial charge in [0.25, 0.3) is 0 Å². The number of hydrogen-bond donors (Lipinski definition) is 5. The number of aromatic nitrogens is 2. The summed E-state index contributed by atoms with van der Waals surface area (Å²) in [5.74, 6) is 2.17. The normalized spacial score (nSPS) is 12.5. The SMILES string of the molecule is CCNC(=O)CC(Cc1cccc2ccccc12)C(=O)N[C@@H](Cc1cn(C(=O)NN)cn1)C(=O)O. The van der Waals surface area contributed by atoms with Crippen LogP contribution in [-0.4, -0.2) is 51.1 Å². The Morgan fingerprint density at radius 3 is 2.54 bits per heavy atom. The smallest absolute Gasteiger partial charge is 0.340 e. The van der Waals surface area contributed by atoms with Crippen LogP contribution in [0.15, 0.2) is 55.0 Å². The van der Waals surface area contributed by atoms with Crippen LogP contribution in [0.4, 0.5) is 4.79 Å². The van der Waals surface area contributed by atoms with Crippen molar-refractivity contribution in [2.24, 2.45) is 11.8 Å². The fraction of sp³-hybridized carbons (Fsp3) is 0.292. The number of carboxylic acid groups (broad SMARTS) is 1. The number of aliphatic carboxylic acids is 1. The van der Waals surface area contributed by atoms with Gasteiger partial charge < -0.3 is 15.7 Å². The summed E-state index contributed by atoms with van der Waals surface area (Å²) in [5.41, 5.74) is 3.10. The van der Waals surface area contributed by atoms with Crippen LogP contribution in [0.3, 0.4) is 0 Å². The highest BCUT2D eigenvalue weighted by Crippen LogP contribution is 2.23. The molecule has 1 aromatic heterocycles. The van der Waals surface area contributed by atoms with Crippen molar-refractivity contribution in [2.75, 3.05) is 6.54 Å². The van der Waals surface area contributed by atoms with Gasteiger partial charge in [0.2, 0.25) is 11.8 Å². The Morgan fingerprint density at radius 2 is 1.83 bits per heavy atom. The number of benzene rings is 2. The zero-order chi connectivity index (χ0) is 25.4. The zero-order valence-corrected chi connectivity index (χ0v) is 19.2. The standard InChI is InChI=1S/C24H28N6O5/c1-2-26-21(31)11-17(10-16-8-5-7-15-6-3-4-9-19(15)16)22(32)28-20(23(33)34)12-18-13-30(14-27-18)24(35)29-25/h3-9,13-14,17,20H,2,10-12,25H2,1H3,(H,26,31)(H,28,32)(H,29,35)(H,33,34)/t17?,20-/m0/s1. The van der Waals surface area contributed by atoms with E-state index < -0.39 is 29.9 Å². The van der Waals surface area contributed by atoms with E-state index in [1.165, 1.54) is 12.5 Å². The Balaban J connectivity index is 1.81. The number of nitrogens with two attached hydrogens (primary N) is 1. The quantitative estimate of drug-likeness (QED) is 0.164. The van der Waals surface area contributed by atoms with E-state index in [2.05, 4.69) is 15.6 Å². The molecule has 3 amide bonds. The van der Waals surface area contributed by atoms with Gasteiger partial charge in [0.05, 0.1) is 11.6 Å². The van der Waals surface area contributed by atoms with Crippen LogP contribution < -0.4 is 21.9 Å². The van der Waals surface area contributed by atoms with Gasteiger partial charge in [-0.1, -0.05) is 42.5 Å². The lowest BCUT2D eigenvalue weighted by molar-refractivity contribution is -0.142. The van der Waals surface area contributed by atoms with Crippen LogP contribution in [-0.2, 0) is 27.2 Å². The second kappa shape index (κ2) is 11.7. The maximum atomic E-state index is 13.2. The first-order valence-electron chi connectivity index (χ1n) is 11.1. The van der Waals surface area contributed by atoms with Gasteiger partial charge in [-0.3, -0.25) is 19.6 Å². The predicted octanol–water partition coefficient (Wildman–Crippen LogP) is 0.965. The Morgan fingerprint density at radius 1 is 1.09 bits per heavy atom. The summed E-state index contributed by atoms with van der Waals surface area (Å²) in [6.45, 7) is 2.19.